The molecular formula is C24H26ClN5OS. The molecule has 1 saturated heterocycles. The van der Waals surface area contributed by atoms with Crippen LogP contribution in [0.2, 0.25) is 5.02 Å². The summed E-state index contributed by atoms with van der Waals surface area (Å²) in [4.78, 5) is 26.0. The van der Waals surface area contributed by atoms with Crippen LogP contribution in [0.25, 0.3) is 0 Å². The number of anilines is 3. The van der Waals surface area contributed by atoms with E-state index in [1.54, 1.807) is 18.3 Å². The van der Waals surface area contributed by atoms with Crippen LogP contribution in [0.15, 0.2) is 59.9 Å². The van der Waals surface area contributed by atoms with Gasteiger partial charge in [-0.1, -0.05) is 47.6 Å². The van der Waals surface area contributed by atoms with Gasteiger partial charge in [0, 0.05) is 38.1 Å². The second kappa shape index (κ2) is 10.2. The predicted octanol–water partition coefficient (Wildman–Crippen LogP) is 4.80. The molecule has 2 aromatic carbocycles. The summed E-state index contributed by atoms with van der Waals surface area (Å²) >= 11 is 7.42. The minimum absolute atomic E-state index is 0.140. The molecule has 1 aromatic heterocycles. The molecule has 1 fully saturated rings. The lowest BCUT2D eigenvalue weighted by Gasteiger charge is -2.37. The highest BCUT2D eigenvalue weighted by Crippen LogP contribution is 2.25. The Bertz CT molecular complexity index is 1100. The Balaban J connectivity index is 1.33. The van der Waals surface area contributed by atoms with Gasteiger partial charge in [-0.05, 0) is 49.2 Å². The number of halogens is 1. The van der Waals surface area contributed by atoms with E-state index in [-0.39, 0.29) is 11.7 Å². The molecule has 0 atom stereocenters. The summed E-state index contributed by atoms with van der Waals surface area (Å²) in [5, 5.41) is 3.93. The minimum atomic E-state index is -0.140. The van der Waals surface area contributed by atoms with Gasteiger partial charge in [0.1, 0.15) is 5.82 Å². The molecule has 2 heterocycles. The third kappa shape index (κ3) is 5.53. The number of thioether (sulfide) groups is 1. The summed E-state index contributed by atoms with van der Waals surface area (Å²) < 4.78 is 0. The monoisotopic (exact) mass is 467 g/mol. The lowest BCUT2D eigenvalue weighted by atomic mass is 10.1. The number of hydrogen-bond donors (Lipinski definition) is 1. The molecule has 6 nitrogen and oxygen atoms in total. The van der Waals surface area contributed by atoms with Crippen molar-refractivity contribution < 1.29 is 4.79 Å². The standard InChI is InChI=1S/C24H26ClN5OS/c1-17-7-8-18(2)21(15-17)29-11-13-30(14-12-29)22-9-10-26-24(28-22)32-16-23(31)27-20-6-4-3-5-19(20)25/h3-10,15H,11-14,16H2,1-2H3,(H,27,31). The van der Waals surface area contributed by atoms with E-state index < -0.39 is 0 Å². The van der Waals surface area contributed by atoms with Gasteiger partial charge in [-0.2, -0.15) is 0 Å². The molecule has 3 aromatic rings. The lowest BCUT2D eigenvalue weighted by Crippen LogP contribution is -2.47. The van der Waals surface area contributed by atoms with Crippen LogP contribution in [0.4, 0.5) is 17.2 Å². The topological polar surface area (TPSA) is 61.4 Å². The van der Waals surface area contributed by atoms with Crippen molar-refractivity contribution in [2.45, 2.75) is 19.0 Å². The summed E-state index contributed by atoms with van der Waals surface area (Å²) in [6.45, 7) is 7.96. The fraction of sp³-hybridized carbons (Fsp3) is 0.292. The number of piperazine rings is 1. The zero-order valence-electron chi connectivity index (χ0n) is 18.2. The molecule has 0 bridgehead atoms. The third-order valence-corrected chi connectivity index (χ3v) is 6.60. The molecule has 1 amide bonds. The van der Waals surface area contributed by atoms with Crippen molar-refractivity contribution in [3.63, 3.8) is 0 Å². The first kappa shape index (κ1) is 22.4. The molecule has 1 N–H and O–H groups in total. The normalized spacial score (nSPS) is 13.8. The largest absolute Gasteiger partial charge is 0.368 e. The number of carbonyl (C=O) groups is 1. The summed E-state index contributed by atoms with van der Waals surface area (Å²) in [7, 11) is 0. The number of hydrogen-bond acceptors (Lipinski definition) is 6. The summed E-state index contributed by atoms with van der Waals surface area (Å²) in [6.07, 6.45) is 1.76. The Hall–Kier alpha value is -2.77. The highest BCUT2D eigenvalue weighted by molar-refractivity contribution is 7.99. The van der Waals surface area contributed by atoms with Crippen LogP contribution in [-0.4, -0.2) is 47.8 Å². The van der Waals surface area contributed by atoms with Crippen molar-refractivity contribution in [2.24, 2.45) is 0 Å². The fourth-order valence-corrected chi connectivity index (χ4v) is 4.50. The maximum Gasteiger partial charge on any atom is 0.234 e. The van der Waals surface area contributed by atoms with Crippen LogP contribution in [0.5, 0.6) is 0 Å². The Morgan fingerprint density at radius 2 is 1.81 bits per heavy atom. The number of amides is 1. The quantitative estimate of drug-likeness (QED) is 0.415. The second-order valence-electron chi connectivity index (χ2n) is 7.78. The van der Waals surface area contributed by atoms with Gasteiger partial charge in [0.15, 0.2) is 5.16 Å². The van der Waals surface area contributed by atoms with Crippen LogP contribution >= 0.6 is 23.4 Å². The number of nitrogens with one attached hydrogen (secondary N) is 1. The van der Waals surface area contributed by atoms with Crippen molar-refractivity contribution in [3.8, 4) is 0 Å². The Kier molecular flexibility index (Phi) is 7.17. The van der Waals surface area contributed by atoms with Crippen LogP contribution in [0.3, 0.4) is 0 Å². The average Bonchev–Trinajstić information content (AvgIpc) is 2.81. The molecular weight excluding hydrogens is 442 g/mol. The first-order valence-corrected chi connectivity index (χ1v) is 11.9. The maximum atomic E-state index is 12.3. The van der Waals surface area contributed by atoms with E-state index in [1.807, 2.05) is 18.2 Å². The Labute approximate surface area is 198 Å². The smallest absolute Gasteiger partial charge is 0.234 e. The number of nitrogens with zero attached hydrogens (tertiary/aromatic N) is 4. The number of aromatic nitrogens is 2. The summed E-state index contributed by atoms with van der Waals surface area (Å²) in [5.41, 5.74) is 4.51. The maximum absolute atomic E-state index is 12.3. The summed E-state index contributed by atoms with van der Waals surface area (Å²) in [5.74, 6) is 0.976. The van der Waals surface area contributed by atoms with E-state index in [0.29, 0.717) is 15.9 Å². The van der Waals surface area contributed by atoms with Crippen molar-refractivity contribution in [3.05, 3.63) is 70.9 Å². The van der Waals surface area contributed by atoms with E-state index >= 15 is 0 Å². The number of para-hydroxylation sites is 1. The highest BCUT2D eigenvalue weighted by Gasteiger charge is 2.20. The van der Waals surface area contributed by atoms with E-state index in [4.69, 9.17) is 11.6 Å². The molecule has 0 radical (unpaired) electrons. The van der Waals surface area contributed by atoms with Crippen molar-refractivity contribution in [2.75, 3.05) is 47.0 Å². The van der Waals surface area contributed by atoms with Crippen LogP contribution < -0.4 is 15.1 Å². The zero-order valence-corrected chi connectivity index (χ0v) is 19.8. The van der Waals surface area contributed by atoms with Crippen molar-refractivity contribution in [1.82, 2.24) is 9.97 Å². The lowest BCUT2D eigenvalue weighted by molar-refractivity contribution is -0.113. The molecule has 1 aliphatic rings. The van der Waals surface area contributed by atoms with E-state index in [9.17, 15) is 4.79 Å². The first-order valence-electron chi connectivity index (χ1n) is 10.6. The van der Waals surface area contributed by atoms with Crippen molar-refractivity contribution >= 4 is 46.5 Å². The molecule has 0 spiro atoms. The molecule has 0 aliphatic carbocycles. The zero-order chi connectivity index (χ0) is 22.5. The molecule has 8 heteroatoms. The van der Waals surface area contributed by atoms with Gasteiger partial charge >= 0.3 is 0 Å². The van der Waals surface area contributed by atoms with Crippen molar-refractivity contribution in [1.29, 1.82) is 0 Å². The van der Waals surface area contributed by atoms with Gasteiger partial charge in [-0.3, -0.25) is 4.79 Å². The average molecular weight is 468 g/mol. The van der Waals surface area contributed by atoms with Crippen LogP contribution in [0.1, 0.15) is 11.1 Å². The van der Waals surface area contributed by atoms with E-state index in [2.05, 4.69) is 57.1 Å². The highest BCUT2D eigenvalue weighted by atomic mass is 35.5. The number of rotatable bonds is 6. The number of aryl methyl sites for hydroxylation is 2. The summed E-state index contributed by atoms with van der Waals surface area (Å²) in [6, 6.07) is 15.7. The Morgan fingerprint density at radius 1 is 1.06 bits per heavy atom. The minimum Gasteiger partial charge on any atom is -0.368 e. The van der Waals surface area contributed by atoms with Gasteiger partial charge < -0.3 is 15.1 Å². The van der Waals surface area contributed by atoms with Gasteiger partial charge in [0.25, 0.3) is 0 Å². The van der Waals surface area contributed by atoms with E-state index in [0.717, 1.165) is 32.0 Å². The number of benzene rings is 2. The van der Waals surface area contributed by atoms with Crippen LogP contribution in [-0.2, 0) is 4.79 Å². The van der Waals surface area contributed by atoms with E-state index in [1.165, 1.54) is 28.6 Å². The van der Waals surface area contributed by atoms with Gasteiger partial charge in [-0.25, -0.2) is 9.97 Å². The molecule has 1 aliphatic heterocycles. The van der Waals surface area contributed by atoms with Gasteiger partial charge in [-0.15, -0.1) is 0 Å². The molecule has 32 heavy (non-hydrogen) atoms. The number of carbonyl (C=O) groups excluding carboxylic acids is 1. The van der Waals surface area contributed by atoms with Gasteiger partial charge in [0.05, 0.1) is 16.5 Å². The fourth-order valence-electron chi connectivity index (χ4n) is 3.69. The molecule has 4 rings (SSSR count). The molecule has 0 unspecified atom stereocenters. The second-order valence-corrected chi connectivity index (χ2v) is 9.13. The third-order valence-electron chi connectivity index (χ3n) is 5.41. The molecule has 0 saturated carbocycles. The first-order chi connectivity index (χ1) is 15.5. The SMILES string of the molecule is Cc1ccc(C)c(N2CCN(c3ccnc(SCC(=O)Nc4ccccc4Cl)n3)CC2)c1. The molecule has 166 valence electrons. The van der Waals surface area contributed by atoms with Crippen LogP contribution in [0, 0.1) is 13.8 Å². The van der Waals surface area contributed by atoms with Gasteiger partial charge in [0.2, 0.25) is 5.91 Å². The predicted molar refractivity (Wildman–Crippen MR) is 133 cm³/mol. The Morgan fingerprint density at radius 3 is 2.59 bits per heavy atom.